The van der Waals surface area contributed by atoms with Crippen LogP contribution in [0.2, 0.25) is 0 Å². The van der Waals surface area contributed by atoms with Crippen LogP contribution in [0.15, 0.2) is 72.9 Å². The fourth-order valence-corrected chi connectivity index (χ4v) is 6.70. The zero-order chi connectivity index (χ0) is 43.3. The third-order valence-electron chi connectivity index (χ3n) is 9.47. The Bertz CT molecular complexity index is 1210. The largest absolute Gasteiger partial charge is 0.480 e. The molecule has 59 heavy (non-hydrogen) atoms. The lowest BCUT2D eigenvalue weighted by molar-refractivity contribution is -0.154. The molecule has 0 aromatic heterocycles. The Morgan fingerprint density at radius 3 is 1.49 bits per heavy atom. The van der Waals surface area contributed by atoms with E-state index in [0.717, 1.165) is 70.6 Å². The maximum Gasteiger partial charge on any atom is 0.472 e. The maximum absolute atomic E-state index is 12.6. The lowest BCUT2D eigenvalue weighted by atomic mass is 10.1. The van der Waals surface area contributed by atoms with Crippen LogP contribution < -0.4 is 5.73 Å². The normalized spacial score (nSPS) is 14.5. The van der Waals surface area contributed by atoms with E-state index in [1.165, 1.54) is 83.5 Å². The van der Waals surface area contributed by atoms with E-state index in [0.29, 0.717) is 13.0 Å². The molecule has 0 aliphatic heterocycles. The molecule has 0 saturated carbocycles. The molecule has 0 spiro atoms. The summed E-state index contributed by atoms with van der Waals surface area (Å²) in [4.78, 5) is 33.6. The van der Waals surface area contributed by atoms with Crippen molar-refractivity contribution in [2.24, 2.45) is 5.73 Å². The van der Waals surface area contributed by atoms with Gasteiger partial charge in [0.2, 0.25) is 0 Å². The van der Waals surface area contributed by atoms with Crippen LogP contribution in [0.5, 0.6) is 0 Å². The third kappa shape index (κ3) is 43.3. The van der Waals surface area contributed by atoms with E-state index in [-0.39, 0.29) is 13.0 Å². The summed E-state index contributed by atoms with van der Waals surface area (Å²) in [6.45, 7) is 3.71. The van der Waals surface area contributed by atoms with E-state index >= 15 is 0 Å². The molecule has 0 fully saturated rings. The van der Waals surface area contributed by atoms with Crippen LogP contribution >= 0.6 is 7.82 Å². The SMILES string of the molecule is CC/C=C\C/C=C\C/C=C\C/C=C\C/C=C\CCCCCC(=O)OC(COCCCCCCCCCC/C=C\CCCCCCCC)COP(=O)(O)OCC(N)C(=O)O. The summed E-state index contributed by atoms with van der Waals surface area (Å²) in [6.07, 6.45) is 53.8. The molecule has 0 amide bonds. The van der Waals surface area contributed by atoms with Crippen LogP contribution in [0.3, 0.4) is 0 Å². The fraction of sp³-hybridized carbons (Fsp3) is 0.708. The molecular weight excluding hydrogens is 766 g/mol. The molecule has 10 nitrogen and oxygen atoms in total. The minimum absolute atomic E-state index is 0.00213. The number of unbranched alkanes of at least 4 members (excludes halogenated alkanes) is 17. The van der Waals surface area contributed by atoms with Gasteiger partial charge in [-0.3, -0.25) is 18.6 Å². The highest BCUT2D eigenvalue weighted by atomic mass is 31.2. The van der Waals surface area contributed by atoms with Gasteiger partial charge in [-0.2, -0.15) is 0 Å². The number of nitrogens with two attached hydrogens (primary N) is 1. The van der Waals surface area contributed by atoms with Gasteiger partial charge in [0.1, 0.15) is 12.1 Å². The summed E-state index contributed by atoms with van der Waals surface area (Å²) in [5.74, 6) is -1.82. The van der Waals surface area contributed by atoms with Gasteiger partial charge in [0.05, 0.1) is 19.8 Å². The molecule has 0 saturated heterocycles. The van der Waals surface area contributed by atoms with Crippen LogP contribution in [0.25, 0.3) is 0 Å². The Labute approximate surface area is 359 Å². The zero-order valence-corrected chi connectivity index (χ0v) is 38.0. The number of ether oxygens (including phenoxy) is 2. The maximum atomic E-state index is 12.6. The number of carboxylic acids is 1. The first-order chi connectivity index (χ1) is 28.7. The molecule has 0 aromatic carbocycles. The highest BCUT2D eigenvalue weighted by molar-refractivity contribution is 7.47. The molecule has 11 heteroatoms. The molecule has 340 valence electrons. The second kappa shape index (κ2) is 43.5. The number of rotatable bonds is 43. The molecular formula is C48H84NO9P. The van der Waals surface area contributed by atoms with Gasteiger partial charge in [-0.15, -0.1) is 0 Å². The molecule has 0 radical (unpaired) electrons. The van der Waals surface area contributed by atoms with Crippen molar-refractivity contribution in [3.05, 3.63) is 72.9 Å². The molecule has 4 N–H and O–H groups in total. The van der Waals surface area contributed by atoms with Crippen LogP contribution in [-0.2, 0) is 32.7 Å². The molecule has 0 aliphatic rings. The summed E-state index contributed by atoms with van der Waals surface area (Å²) in [5, 5.41) is 8.91. The van der Waals surface area contributed by atoms with Gasteiger partial charge >= 0.3 is 19.8 Å². The van der Waals surface area contributed by atoms with E-state index in [4.69, 9.17) is 29.4 Å². The summed E-state index contributed by atoms with van der Waals surface area (Å²) in [7, 11) is -4.63. The predicted octanol–water partition coefficient (Wildman–Crippen LogP) is 13.0. The lowest BCUT2D eigenvalue weighted by Crippen LogP contribution is -2.34. The van der Waals surface area contributed by atoms with Crippen LogP contribution in [-0.4, -0.2) is 60.5 Å². The van der Waals surface area contributed by atoms with Gasteiger partial charge < -0.3 is 25.2 Å². The highest BCUT2D eigenvalue weighted by Gasteiger charge is 2.27. The number of aliphatic carboxylic acids is 1. The Morgan fingerprint density at radius 1 is 0.559 bits per heavy atom. The Morgan fingerprint density at radius 2 is 0.983 bits per heavy atom. The number of esters is 1. The number of carbonyl (C=O) groups is 2. The quantitative estimate of drug-likeness (QED) is 0.0234. The second-order valence-corrected chi connectivity index (χ2v) is 16.6. The Balaban J connectivity index is 4.30. The first-order valence-corrected chi connectivity index (χ1v) is 24.5. The average Bonchev–Trinajstić information content (AvgIpc) is 3.21. The minimum Gasteiger partial charge on any atom is -0.480 e. The summed E-state index contributed by atoms with van der Waals surface area (Å²) in [5.41, 5.74) is 5.36. The smallest absolute Gasteiger partial charge is 0.472 e. The monoisotopic (exact) mass is 850 g/mol. The van der Waals surface area contributed by atoms with Gasteiger partial charge in [0, 0.05) is 13.0 Å². The van der Waals surface area contributed by atoms with E-state index in [1.54, 1.807) is 0 Å². The topological polar surface area (TPSA) is 155 Å². The van der Waals surface area contributed by atoms with Crippen molar-refractivity contribution < 1.29 is 42.7 Å². The van der Waals surface area contributed by atoms with Crippen LogP contribution in [0.1, 0.15) is 181 Å². The van der Waals surface area contributed by atoms with E-state index < -0.39 is 45.1 Å². The Hall–Kier alpha value is -2.59. The number of carboxylic acid groups (broad SMARTS) is 1. The standard InChI is InChI=1S/C48H84NO9P/c1-3-5-7-9-11-13-15-17-19-21-23-24-26-28-30-32-34-36-38-40-47(50)58-45(43-56-59(53,54)57-44-46(49)48(51)52)42-55-41-39-37-35-33-31-29-27-25-22-20-18-16-14-12-10-8-6-4-2/h5,7,11,13,17-20,23-24,28,30,45-46H,3-4,6,8-10,12,14-16,21-22,25-27,29,31-44,49H2,1-2H3,(H,51,52)(H,53,54)/b7-5-,13-11-,19-17-,20-18-,24-23-,30-28-. The van der Waals surface area contributed by atoms with Gasteiger partial charge in [0.25, 0.3) is 0 Å². The summed E-state index contributed by atoms with van der Waals surface area (Å²) < 4.78 is 33.4. The van der Waals surface area contributed by atoms with Crippen molar-refractivity contribution >= 4 is 19.8 Å². The van der Waals surface area contributed by atoms with E-state index in [2.05, 4.69) is 86.8 Å². The zero-order valence-electron chi connectivity index (χ0n) is 37.1. The molecule has 0 aliphatic carbocycles. The first-order valence-electron chi connectivity index (χ1n) is 23.0. The number of allylic oxidation sites excluding steroid dienone is 12. The lowest BCUT2D eigenvalue weighted by Gasteiger charge is -2.20. The highest BCUT2D eigenvalue weighted by Crippen LogP contribution is 2.43. The van der Waals surface area contributed by atoms with Crippen LogP contribution in [0.4, 0.5) is 0 Å². The number of hydrogen-bond acceptors (Lipinski definition) is 8. The van der Waals surface area contributed by atoms with E-state index in [1.807, 2.05) is 0 Å². The first kappa shape index (κ1) is 56.4. The molecule has 3 atom stereocenters. The van der Waals surface area contributed by atoms with Gasteiger partial charge in [-0.1, -0.05) is 164 Å². The third-order valence-corrected chi connectivity index (χ3v) is 10.4. The summed E-state index contributed by atoms with van der Waals surface area (Å²) >= 11 is 0. The van der Waals surface area contributed by atoms with Crippen LogP contribution in [0, 0.1) is 0 Å². The molecule has 0 heterocycles. The molecule has 0 aromatic rings. The Kier molecular flexibility index (Phi) is 41.6. The average molecular weight is 850 g/mol. The predicted molar refractivity (Wildman–Crippen MR) is 244 cm³/mol. The van der Waals surface area contributed by atoms with Crippen molar-refractivity contribution in [2.75, 3.05) is 26.4 Å². The number of phosphoric acid groups is 1. The van der Waals surface area contributed by atoms with Crippen molar-refractivity contribution in [1.82, 2.24) is 0 Å². The van der Waals surface area contributed by atoms with Gasteiger partial charge in [0.15, 0.2) is 0 Å². The van der Waals surface area contributed by atoms with Gasteiger partial charge in [-0.05, 0) is 83.5 Å². The summed E-state index contributed by atoms with van der Waals surface area (Å²) in [6, 6.07) is -1.48. The number of phosphoric ester groups is 1. The van der Waals surface area contributed by atoms with Crippen molar-refractivity contribution in [1.29, 1.82) is 0 Å². The fourth-order valence-electron chi connectivity index (χ4n) is 5.92. The number of carbonyl (C=O) groups excluding carboxylic acids is 1. The van der Waals surface area contributed by atoms with Crippen molar-refractivity contribution in [2.45, 2.75) is 193 Å². The van der Waals surface area contributed by atoms with Gasteiger partial charge in [-0.25, -0.2) is 4.57 Å². The molecule has 3 unspecified atom stereocenters. The minimum atomic E-state index is -4.63. The van der Waals surface area contributed by atoms with Crippen molar-refractivity contribution in [3.63, 3.8) is 0 Å². The second-order valence-electron chi connectivity index (χ2n) is 15.1. The van der Waals surface area contributed by atoms with Crippen molar-refractivity contribution in [3.8, 4) is 0 Å². The molecule has 0 rings (SSSR count). The number of hydrogen-bond donors (Lipinski definition) is 3. The van der Waals surface area contributed by atoms with E-state index in [9.17, 15) is 19.0 Å². The molecule has 0 bridgehead atoms.